The molecule has 2 amide bonds. The number of aryl methyl sites for hydroxylation is 1. The van der Waals surface area contributed by atoms with Crippen LogP contribution >= 0.6 is 0 Å². The van der Waals surface area contributed by atoms with Crippen LogP contribution in [0.15, 0.2) is 24.8 Å². The van der Waals surface area contributed by atoms with Crippen molar-refractivity contribution in [1.82, 2.24) is 30.4 Å². The number of carbonyl (C=O) groups excluding carboxylic acids is 2. The summed E-state index contributed by atoms with van der Waals surface area (Å²) in [7, 11) is 0. The SMILES string of the molecule is CC1CC(NC(=O)c2[nH]ncc2C#N)CN1C(=O)CCc1cnccn1. The van der Waals surface area contributed by atoms with Gasteiger partial charge in [-0.25, -0.2) is 0 Å². The van der Waals surface area contributed by atoms with Gasteiger partial charge in [-0.1, -0.05) is 0 Å². The Balaban J connectivity index is 1.54. The summed E-state index contributed by atoms with van der Waals surface area (Å²) >= 11 is 0. The number of nitrogens with zero attached hydrogens (tertiary/aromatic N) is 5. The van der Waals surface area contributed by atoms with Gasteiger partial charge in [0.15, 0.2) is 0 Å². The summed E-state index contributed by atoms with van der Waals surface area (Å²) in [5, 5.41) is 18.1. The summed E-state index contributed by atoms with van der Waals surface area (Å²) < 4.78 is 0. The summed E-state index contributed by atoms with van der Waals surface area (Å²) in [4.78, 5) is 34.7. The highest BCUT2D eigenvalue weighted by molar-refractivity contribution is 5.94. The molecule has 1 saturated heterocycles. The van der Waals surface area contributed by atoms with Gasteiger partial charge in [-0.2, -0.15) is 10.4 Å². The molecule has 0 aliphatic carbocycles. The van der Waals surface area contributed by atoms with E-state index < -0.39 is 0 Å². The van der Waals surface area contributed by atoms with E-state index in [-0.39, 0.29) is 35.2 Å². The molecule has 9 nitrogen and oxygen atoms in total. The third-order valence-electron chi connectivity index (χ3n) is 4.43. The maximum absolute atomic E-state index is 12.5. The van der Waals surface area contributed by atoms with E-state index in [0.717, 1.165) is 5.69 Å². The van der Waals surface area contributed by atoms with Crippen molar-refractivity contribution in [3.8, 4) is 6.07 Å². The quantitative estimate of drug-likeness (QED) is 0.802. The Bertz CT molecular complexity index is 827. The number of nitrogens with one attached hydrogen (secondary N) is 2. The van der Waals surface area contributed by atoms with Gasteiger partial charge in [-0.3, -0.25) is 24.7 Å². The topological polar surface area (TPSA) is 128 Å². The largest absolute Gasteiger partial charge is 0.346 e. The van der Waals surface area contributed by atoms with Gasteiger partial charge in [-0.15, -0.1) is 0 Å². The Morgan fingerprint density at radius 2 is 2.27 bits per heavy atom. The molecular weight excluding hydrogens is 334 g/mol. The van der Waals surface area contributed by atoms with Crippen molar-refractivity contribution in [3.05, 3.63) is 41.7 Å². The van der Waals surface area contributed by atoms with E-state index in [1.165, 1.54) is 6.20 Å². The molecule has 3 heterocycles. The molecule has 0 saturated carbocycles. The average molecular weight is 353 g/mol. The third-order valence-corrected chi connectivity index (χ3v) is 4.43. The van der Waals surface area contributed by atoms with Gasteiger partial charge in [0.1, 0.15) is 17.3 Å². The Morgan fingerprint density at radius 1 is 1.42 bits per heavy atom. The molecule has 0 spiro atoms. The number of aromatic nitrogens is 4. The maximum Gasteiger partial charge on any atom is 0.270 e. The number of hydrogen-bond donors (Lipinski definition) is 2. The standard InChI is InChI=1S/C17H19N7O2/c1-11-6-14(22-17(26)16-12(7-18)8-21-23-16)10-24(11)15(25)3-2-13-9-19-4-5-20-13/h4-5,8-9,11,14H,2-3,6,10H2,1H3,(H,21,23)(H,22,26). The Morgan fingerprint density at radius 3 is 3.00 bits per heavy atom. The van der Waals surface area contributed by atoms with Crippen molar-refractivity contribution in [2.75, 3.05) is 6.54 Å². The second-order valence-electron chi connectivity index (χ2n) is 6.27. The average Bonchev–Trinajstić information content (AvgIpc) is 3.27. The van der Waals surface area contributed by atoms with Crippen molar-refractivity contribution < 1.29 is 9.59 Å². The van der Waals surface area contributed by atoms with Crippen molar-refractivity contribution >= 4 is 11.8 Å². The monoisotopic (exact) mass is 353 g/mol. The summed E-state index contributed by atoms with van der Waals surface area (Å²) in [5.41, 5.74) is 1.12. The van der Waals surface area contributed by atoms with Gasteiger partial charge < -0.3 is 10.2 Å². The van der Waals surface area contributed by atoms with E-state index in [9.17, 15) is 9.59 Å². The first-order chi connectivity index (χ1) is 12.6. The lowest BCUT2D eigenvalue weighted by molar-refractivity contribution is -0.131. The lowest BCUT2D eigenvalue weighted by Crippen LogP contribution is -2.39. The molecule has 1 fully saturated rings. The van der Waals surface area contributed by atoms with Crippen molar-refractivity contribution in [2.45, 2.75) is 38.3 Å². The van der Waals surface area contributed by atoms with Gasteiger partial charge >= 0.3 is 0 Å². The predicted octanol–water partition coefficient (Wildman–Crippen LogP) is 0.423. The molecule has 0 radical (unpaired) electrons. The molecule has 2 N–H and O–H groups in total. The Labute approximate surface area is 150 Å². The van der Waals surface area contributed by atoms with Crippen LogP contribution in [0, 0.1) is 11.3 Å². The van der Waals surface area contributed by atoms with E-state index in [0.29, 0.717) is 25.8 Å². The van der Waals surface area contributed by atoms with Crippen LogP contribution in [-0.4, -0.2) is 55.5 Å². The van der Waals surface area contributed by atoms with E-state index in [1.807, 2.05) is 13.0 Å². The second-order valence-corrected chi connectivity index (χ2v) is 6.27. The molecule has 134 valence electrons. The molecular formula is C17H19N7O2. The number of H-pyrrole nitrogens is 1. The van der Waals surface area contributed by atoms with Crippen LogP contribution in [0.1, 0.15) is 41.5 Å². The van der Waals surface area contributed by atoms with Gasteiger partial charge in [0, 0.05) is 43.6 Å². The fraction of sp³-hybridized carbons (Fsp3) is 0.412. The van der Waals surface area contributed by atoms with Gasteiger partial charge in [-0.05, 0) is 19.8 Å². The third kappa shape index (κ3) is 3.85. The zero-order valence-electron chi connectivity index (χ0n) is 14.3. The van der Waals surface area contributed by atoms with Crippen LogP contribution in [0.3, 0.4) is 0 Å². The van der Waals surface area contributed by atoms with Crippen LogP contribution in [0.4, 0.5) is 0 Å². The van der Waals surface area contributed by atoms with E-state index in [4.69, 9.17) is 5.26 Å². The summed E-state index contributed by atoms with van der Waals surface area (Å²) in [5.74, 6) is -0.357. The lowest BCUT2D eigenvalue weighted by atomic mass is 10.1. The highest BCUT2D eigenvalue weighted by Crippen LogP contribution is 2.19. The summed E-state index contributed by atoms with van der Waals surface area (Å²) in [6.45, 7) is 2.41. The van der Waals surface area contributed by atoms with Crippen LogP contribution in [0.5, 0.6) is 0 Å². The molecule has 2 atom stereocenters. The molecule has 1 aliphatic heterocycles. The Kier molecular flexibility index (Phi) is 5.22. The minimum atomic E-state index is -0.384. The zero-order chi connectivity index (χ0) is 18.5. The first-order valence-electron chi connectivity index (χ1n) is 8.37. The predicted molar refractivity (Wildman–Crippen MR) is 90.7 cm³/mol. The van der Waals surface area contributed by atoms with Crippen molar-refractivity contribution in [3.63, 3.8) is 0 Å². The summed E-state index contributed by atoms with van der Waals surface area (Å²) in [6, 6.07) is 1.79. The number of aromatic amines is 1. The second kappa shape index (κ2) is 7.74. The van der Waals surface area contributed by atoms with Crippen LogP contribution < -0.4 is 5.32 Å². The summed E-state index contributed by atoms with van der Waals surface area (Å²) in [6.07, 6.45) is 7.72. The Hall–Kier alpha value is -3.28. The smallest absolute Gasteiger partial charge is 0.270 e. The van der Waals surface area contributed by atoms with Crippen LogP contribution in [-0.2, 0) is 11.2 Å². The molecule has 0 aromatic carbocycles. The highest BCUT2D eigenvalue weighted by atomic mass is 16.2. The van der Waals surface area contributed by atoms with Gasteiger partial charge in [0.2, 0.25) is 5.91 Å². The lowest BCUT2D eigenvalue weighted by Gasteiger charge is -2.21. The molecule has 2 aromatic rings. The van der Waals surface area contributed by atoms with Crippen LogP contribution in [0.2, 0.25) is 0 Å². The van der Waals surface area contributed by atoms with Gasteiger partial charge in [0.05, 0.1) is 11.9 Å². The fourth-order valence-electron chi connectivity index (χ4n) is 3.12. The van der Waals surface area contributed by atoms with E-state index in [1.54, 1.807) is 23.5 Å². The number of rotatable bonds is 5. The number of hydrogen-bond acceptors (Lipinski definition) is 6. The number of carbonyl (C=O) groups is 2. The molecule has 1 aliphatic rings. The van der Waals surface area contributed by atoms with Crippen LogP contribution in [0.25, 0.3) is 0 Å². The molecule has 9 heteroatoms. The normalized spacial score (nSPS) is 19.2. The molecule has 26 heavy (non-hydrogen) atoms. The minimum Gasteiger partial charge on any atom is -0.346 e. The highest BCUT2D eigenvalue weighted by Gasteiger charge is 2.33. The maximum atomic E-state index is 12.5. The number of likely N-dealkylation sites (tertiary alicyclic amines) is 1. The minimum absolute atomic E-state index is 0.0270. The molecule has 2 unspecified atom stereocenters. The van der Waals surface area contributed by atoms with Gasteiger partial charge in [0.25, 0.3) is 5.91 Å². The van der Waals surface area contributed by atoms with E-state index in [2.05, 4.69) is 25.5 Å². The molecule has 3 rings (SSSR count). The number of amides is 2. The zero-order valence-corrected chi connectivity index (χ0v) is 14.3. The molecule has 0 bridgehead atoms. The van der Waals surface area contributed by atoms with E-state index >= 15 is 0 Å². The first-order valence-corrected chi connectivity index (χ1v) is 8.37. The molecule has 2 aromatic heterocycles. The number of nitriles is 1. The first kappa shape index (κ1) is 17.5. The van der Waals surface area contributed by atoms with Crippen molar-refractivity contribution in [1.29, 1.82) is 5.26 Å². The fourth-order valence-corrected chi connectivity index (χ4v) is 3.12. The van der Waals surface area contributed by atoms with Crippen molar-refractivity contribution in [2.24, 2.45) is 0 Å².